The zero-order chi connectivity index (χ0) is 13.7. The van der Waals surface area contributed by atoms with E-state index in [0.29, 0.717) is 0 Å². The van der Waals surface area contributed by atoms with Gasteiger partial charge < -0.3 is 10.2 Å². The van der Waals surface area contributed by atoms with E-state index in [1.54, 1.807) is 18.2 Å². The van der Waals surface area contributed by atoms with Crippen molar-refractivity contribution in [1.29, 1.82) is 0 Å². The number of aryl methyl sites for hydroxylation is 1. The first-order valence-corrected chi connectivity index (χ1v) is 6.88. The van der Waals surface area contributed by atoms with Crippen LogP contribution in [-0.2, 0) is 0 Å². The van der Waals surface area contributed by atoms with Crippen LogP contribution in [-0.4, -0.2) is 36.0 Å². The van der Waals surface area contributed by atoms with Crippen molar-refractivity contribution in [3.05, 3.63) is 33.9 Å². The summed E-state index contributed by atoms with van der Waals surface area (Å²) >= 11 is 0. The summed E-state index contributed by atoms with van der Waals surface area (Å²) in [7, 11) is 0. The van der Waals surface area contributed by atoms with Gasteiger partial charge in [0.15, 0.2) is 0 Å². The molecule has 1 aliphatic rings. The van der Waals surface area contributed by atoms with E-state index in [2.05, 4.69) is 10.2 Å². The molecule has 1 N–H and O–H groups in total. The minimum Gasteiger partial charge on any atom is -0.384 e. The number of rotatable bonds is 5. The van der Waals surface area contributed by atoms with Gasteiger partial charge in [-0.1, -0.05) is 6.42 Å². The maximum absolute atomic E-state index is 10.7. The summed E-state index contributed by atoms with van der Waals surface area (Å²) in [5.74, 6) is 0. The number of nitro benzene ring substituents is 1. The quantitative estimate of drug-likeness (QED) is 0.655. The molecule has 5 heteroatoms. The lowest BCUT2D eigenvalue weighted by molar-refractivity contribution is -0.384. The van der Waals surface area contributed by atoms with Gasteiger partial charge in [0.05, 0.1) is 4.92 Å². The fraction of sp³-hybridized carbons (Fsp3) is 0.571. The molecule has 0 aromatic heterocycles. The molecule has 1 aromatic rings. The van der Waals surface area contributed by atoms with Gasteiger partial charge in [-0.15, -0.1) is 0 Å². The molecule has 0 bridgehead atoms. The number of nitrogens with one attached hydrogen (secondary N) is 1. The van der Waals surface area contributed by atoms with Crippen LogP contribution in [0.15, 0.2) is 18.2 Å². The molecule has 0 amide bonds. The molecular weight excluding hydrogens is 242 g/mol. The third kappa shape index (κ3) is 3.92. The molecule has 0 spiro atoms. The monoisotopic (exact) mass is 263 g/mol. The highest BCUT2D eigenvalue weighted by Crippen LogP contribution is 2.21. The highest BCUT2D eigenvalue weighted by atomic mass is 16.6. The molecule has 5 nitrogen and oxygen atoms in total. The minimum atomic E-state index is -0.357. The number of hydrogen-bond acceptors (Lipinski definition) is 4. The predicted octanol–water partition coefficient (Wildman–Crippen LogP) is 2.80. The summed E-state index contributed by atoms with van der Waals surface area (Å²) in [5, 5.41) is 14.0. The number of nitro groups is 1. The van der Waals surface area contributed by atoms with E-state index in [4.69, 9.17) is 0 Å². The highest BCUT2D eigenvalue weighted by Gasteiger charge is 2.10. The van der Waals surface area contributed by atoms with Crippen LogP contribution in [0.2, 0.25) is 0 Å². The van der Waals surface area contributed by atoms with Gasteiger partial charge in [0.25, 0.3) is 5.69 Å². The van der Waals surface area contributed by atoms with E-state index in [0.717, 1.165) is 24.3 Å². The second-order valence-electron chi connectivity index (χ2n) is 5.09. The Hall–Kier alpha value is -1.62. The van der Waals surface area contributed by atoms with Crippen LogP contribution < -0.4 is 5.32 Å². The molecule has 1 fully saturated rings. The third-order valence-electron chi connectivity index (χ3n) is 3.61. The van der Waals surface area contributed by atoms with Crippen molar-refractivity contribution in [2.24, 2.45) is 0 Å². The Balaban J connectivity index is 1.83. The maximum Gasteiger partial charge on any atom is 0.269 e. The molecule has 0 aliphatic carbocycles. The Kier molecular flexibility index (Phi) is 4.74. The topological polar surface area (TPSA) is 58.4 Å². The van der Waals surface area contributed by atoms with Crippen LogP contribution in [0.3, 0.4) is 0 Å². The van der Waals surface area contributed by atoms with Crippen molar-refractivity contribution in [1.82, 2.24) is 4.90 Å². The number of benzene rings is 1. The predicted molar refractivity (Wildman–Crippen MR) is 76.6 cm³/mol. The van der Waals surface area contributed by atoms with Gasteiger partial charge in [0.1, 0.15) is 0 Å². The number of piperidine rings is 1. The Bertz CT molecular complexity index is 442. The van der Waals surface area contributed by atoms with Crippen LogP contribution in [0, 0.1) is 17.0 Å². The molecule has 0 atom stereocenters. The molecule has 0 radical (unpaired) electrons. The molecule has 19 heavy (non-hydrogen) atoms. The second-order valence-corrected chi connectivity index (χ2v) is 5.09. The molecule has 1 aromatic carbocycles. The summed E-state index contributed by atoms with van der Waals surface area (Å²) in [6, 6.07) is 4.96. The zero-order valence-electron chi connectivity index (χ0n) is 11.4. The fourth-order valence-corrected chi connectivity index (χ4v) is 2.49. The van der Waals surface area contributed by atoms with Crippen molar-refractivity contribution >= 4 is 11.4 Å². The van der Waals surface area contributed by atoms with Crippen LogP contribution in [0.25, 0.3) is 0 Å². The van der Waals surface area contributed by atoms with Crippen molar-refractivity contribution in [3.63, 3.8) is 0 Å². The van der Waals surface area contributed by atoms with Crippen molar-refractivity contribution in [2.75, 3.05) is 31.5 Å². The SMILES string of the molecule is Cc1cc([N+](=O)[O-])ccc1NCCN1CCCCC1. The van der Waals surface area contributed by atoms with E-state index in [9.17, 15) is 10.1 Å². The van der Waals surface area contributed by atoms with Gasteiger partial charge in [0.2, 0.25) is 0 Å². The standard InChI is InChI=1S/C14H21N3O2/c1-12-11-13(17(18)19)5-6-14(12)15-7-10-16-8-3-2-4-9-16/h5-6,11,15H,2-4,7-10H2,1H3. The molecular formula is C14H21N3O2. The van der Waals surface area contributed by atoms with Gasteiger partial charge in [-0.2, -0.15) is 0 Å². The van der Waals surface area contributed by atoms with Crippen LogP contribution >= 0.6 is 0 Å². The van der Waals surface area contributed by atoms with Crippen LogP contribution in [0.1, 0.15) is 24.8 Å². The zero-order valence-corrected chi connectivity index (χ0v) is 11.4. The van der Waals surface area contributed by atoms with E-state index >= 15 is 0 Å². The van der Waals surface area contributed by atoms with Crippen LogP contribution in [0.4, 0.5) is 11.4 Å². The Morgan fingerprint density at radius 3 is 2.68 bits per heavy atom. The van der Waals surface area contributed by atoms with E-state index in [1.807, 2.05) is 6.92 Å². The lowest BCUT2D eigenvalue weighted by Crippen LogP contribution is -2.33. The fourth-order valence-electron chi connectivity index (χ4n) is 2.49. The first-order chi connectivity index (χ1) is 9.16. The Morgan fingerprint density at radius 1 is 1.32 bits per heavy atom. The summed E-state index contributed by atoms with van der Waals surface area (Å²) in [4.78, 5) is 12.8. The number of hydrogen-bond donors (Lipinski definition) is 1. The summed E-state index contributed by atoms with van der Waals surface area (Å²) in [6.45, 7) is 6.22. The second kappa shape index (κ2) is 6.52. The van der Waals surface area contributed by atoms with Gasteiger partial charge in [-0.3, -0.25) is 10.1 Å². The largest absolute Gasteiger partial charge is 0.384 e. The Morgan fingerprint density at radius 2 is 2.05 bits per heavy atom. The Labute approximate surface area is 113 Å². The van der Waals surface area contributed by atoms with Crippen molar-refractivity contribution < 1.29 is 4.92 Å². The van der Waals surface area contributed by atoms with Crippen molar-refractivity contribution in [2.45, 2.75) is 26.2 Å². The average Bonchev–Trinajstić information content (AvgIpc) is 2.41. The maximum atomic E-state index is 10.7. The van der Waals surface area contributed by atoms with Gasteiger partial charge in [-0.05, 0) is 44.5 Å². The molecule has 0 saturated carbocycles. The molecule has 0 unspecified atom stereocenters. The number of nitrogens with zero attached hydrogens (tertiary/aromatic N) is 2. The van der Waals surface area contributed by atoms with Gasteiger partial charge in [-0.25, -0.2) is 0 Å². The number of anilines is 1. The third-order valence-corrected chi connectivity index (χ3v) is 3.61. The molecule has 1 heterocycles. The van der Waals surface area contributed by atoms with Crippen molar-refractivity contribution in [3.8, 4) is 0 Å². The number of likely N-dealkylation sites (tertiary alicyclic amines) is 1. The summed E-state index contributed by atoms with van der Waals surface area (Å²) < 4.78 is 0. The smallest absolute Gasteiger partial charge is 0.269 e. The van der Waals surface area contributed by atoms with E-state index in [1.165, 1.54) is 32.4 Å². The lowest BCUT2D eigenvalue weighted by atomic mass is 10.1. The first-order valence-electron chi connectivity index (χ1n) is 6.88. The van der Waals surface area contributed by atoms with Crippen LogP contribution in [0.5, 0.6) is 0 Å². The molecule has 1 saturated heterocycles. The normalized spacial score (nSPS) is 16.3. The number of non-ortho nitro benzene ring substituents is 1. The minimum absolute atomic E-state index is 0.152. The van der Waals surface area contributed by atoms with E-state index < -0.39 is 0 Å². The first kappa shape index (κ1) is 13.8. The van der Waals surface area contributed by atoms with Gasteiger partial charge in [0, 0.05) is 30.9 Å². The average molecular weight is 263 g/mol. The molecule has 104 valence electrons. The molecule has 1 aliphatic heterocycles. The lowest BCUT2D eigenvalue weighted by Gasteiger charge is -2.26. The van der Waals surface area contributed by atoms with Gasteiger partial charge >= 0.3 is 0 Å². The highest BCUT2D eigenvalue weighted by molar-refractivity contribution is 5.55. The summed E-state index contributed by atoms with van der Waals surface area (Å²) in [5.41, 5.74) is 2.06. The summed E-state index contributed by atoms with van der Waals surface area (Å²) in [6.07, 6.45) is 3.96. The van der Waals surface area contributed by atoms with E-state index in [-0.39, 0.29) is 10.6 Å². The molecule has 2 rings (SSSR count).